The summed E-state index contributed by atoms with van der Waals surface area (Å²) in [6, 6.07) is 2.93. The zero-order valence-electron chi connectivity index (χ0n) is 11.0. The van der Waals surface area contributed by atoms with E-state index in [1.165, 1.54) is 12.1 Å². The predicted octanol–water partition coefficient (Wildman–Crippen LogP) is 2.28. The molecule has 6 nitrogen and oxygen atoms in total. The number of thiophene rings is 1. The Morgan fingerprint density at radius 2 is 2.30 bits per heavy atom. The van der Waals surface area contributed by atoms with Crippen molar-refractivity contribution in [2.45, 2.75) is 19.3 Å². The van der Waals surface area contributed by atoms with Gasteiger partial charge < -0.3 is 10.6 Å². The molecule has 1 amide bonds. The van der Waals surface area contributed by atoms with Crippen molar-refractivity contribution in [2.24, 2.45) is 11.7 Å². The molecule has 1 atom stereocenters. The fourth-order valence-electron chi connectivity index (χ4n) is 2.42. The van der Waals surface area contributed by atoms with Crippen molar-refractivity contribution in [2.75, 3.05) is 19.6 Å². The van der Waals surface area contributed by atoms with E-state index in [1.807, 2.05) is 0 Å². The van der Waals surface area contributed by atoms with Crippen LogP contribution in [-0.4, -0.2) is 35.4 Å². The van der Waals surface area contributed by atoms with Crippen molar-refractivity contribution in [3.8, 4) is 0 Å². The van der Waals surface area contributed by atoms with Gasteiger partial charge in [0, 0.05) is 19.2 Å². The Hall–Kier alpha value is -1.18. The SMILES string of the molecule is Cl.NCCC1CCCN(C(=O)c2ccc([N+](=O)[O-])s2)C1. The number of nitro groups is 1. The molecule has 2 N–H and O–H groups in total. The number of halogens is 1. The van der Waals surface area contributed by atoms with Gasteiger partial charge >= 0.3 is 5.00 Å². The third-order valence-corrected chi connectivity index (χ3v) is 4.39. The Balaban J connectivity index is 0.00000200. The van der Waals surface area contributed by atoms with E-state index in [2.05, 4.69) is 0 Å². The van der Waals surface area contributed by atoms with E-state index < -0.39 is 4.92 Å². The maximum atomic E-state index is 12.3. The first-order valence-corrected chi connectivity index (χ1v) is 7.17. The third-order valence-electron chi connectivity index (χ3n) is 3.36. The summed E-state index contributed by atoms with van der Waals surface area (Å²) in [4.78, 5) is 24.7. The molecule has 0 aliphatic carbocycles. The van der Waals surface area contributed by atoms with Crippen LogP contribution in [0.15, 0.2) is 12.1 Å². The minimum absolute atomic E-state index is 0. The first-order valence-electron chi connectivity index (χ1n) is 6.35. The maximum Gasteiger partial charge on any atom is 0.324 e. The number of rotatable bonds is 4. The molecule has 0 spiro atoms. The van der Waals surface area contributed by atoms with Gasteiger partial charge in [0.1, 0.15) is 0 Å². The van der Waals surface area contributed by atoms with Crippen molar-refractivity contribution < 1.29 is 9.72 Å². The number of likely N-dealkylation sites (tertiary alicyclic amines) is 1. The van der Waals surface area contributed by atoms with Crippen molar-refractivity contribution in [1.29, 1.82) is 0 Å². The molecule has 2 rings (SSSR count). The molecule has 1 aliphatic heterocycles. The average molecular weight is 320 g/mol. The first-order chi connectivity index (χ1) is 9.11. The molecule has 112 valence electrons. The van der Waals surface area contributed by atoms with E-state index in [9.17, 15) is 14.9 Å². The molecule has 2 heterocycles. The van der Waals surface area contributed by atoms with E-state index in [0.29, 0.717) is 23.9 Å². The number of nitrogens with two attached hydrogens (primary N) is 1. The number of nitrogens with zero attached hydrogens (tertiary/aromatic N) is 2. The topological polar surface area (TPSA) is 89.5 Å². The summed E-state index contributed by atoms with van der Waals surface area (Å²) in [7, 11) is 0. The molecule has 1 saturated heterocycles. The Bertz CT molecular complexity index is 478. The van der Waals surface area contributed by atoms with E-state index in [-0.39, 0.29) is 23.3 Å². The highest BCUT2D eigenvalue weighted by Crippen LogP contribution is 2.27. The van der Waals surface area contributed by atoms with Crippen LogP contribution < -0.4 is 5.73 Å². The van der Waals surface area contributed by atoms with Gasteiger partial charge in [-0.05, 0) is 37.8 Å². The molecule has 1 fully saturated rings. The zero-order chi connectivity index (χ0) is 13.8. The van der Waals surface area contributed by atoms with Crippen LogP contribution in [0.2, 0.25) is 0 Å². The number of hydrogen-bond acceptors (Lipinski definition) is 5. The van der Waals surface area contributed by atoms with Gasteiger partial charge in [-0.25, -0.2) is 0 Å². The van der Waals surface area contributed by atoms with Crippen LogP contribution in [0.1, 0.15) is 28.9 Å². The number of carbonyl (C=O) groups excluding carboxylic acids is 1. The lowest BCUT2D eigenvalue weighted by atomic mass is 9.95. The minimum atomic E-state index is -0.463. The lowest BCUT2D eigenvalue weighted by molar-refractivity contribution is -0.380. The second-order valence-electron chi connectivity index (χ2n) is 4.73. The second kappa shape index (κ2) is 7.56. The van der Waals surface area contributed by atoms with Gasteiger partial charge in [-0.2, -0.15) is 0 Å². The van der Waals surface area contributed by atoms with Crippen molar-refractivity contribution in [3.05, 3.63) is 27.1 Å². The first kappa shape index (κ1) is 16.9. The van der Waals surface area contributed by atoms with E-state index in [4.69, 9.17) is 5.73 Å². The lowest BCUT2D eigenvalue weighted by Gasteiger charge is -2.32. The molecular formula is C12H18ClN3O3S. The lowest BCUT2D eigenvalue weighted by Crippen LogP contribution is -2.40. The Morgan fingerprint density at radius 1 is 1.55 bits per heavy atom. The van der Waals surface area contributed by atoms with Crippen molar-refractivity contribution in [3.63, 3.8) is 0 Å². The molecule has 0 radical (unpaired) electrons. The molecule has 8 heteroatoms. The molecule has 1 aromatic rings. The summed E-state index contributed by atoms with van der Waals surface area (Å²) in [6.07, 6.45) is 3.00. The standard InChI is InChI=1S/C12H17N3O3S.ClH/c13-6-5-9-2-1-7-14(8-9)12(16)10-3-4-11(19-10)15(17)18;/h3-4,9H,1-2,5-8,13H2;1H. The Kier molecular flexibility index (Phi) is 6.38. The third kappa shape index (κ3) is 3.91. The molecule has 0 saturated carbocycles. The molecule has 1 aromatic heterocycles. The molecule has 0 aromatic carbocycles. The van der Waals surface area contributed by atoms with Crippen molar-refractivity contribution in [1.82, 2.24) is 4.90 Å². The van der Waals surface area contributed by atoms with Gasteiger partial charge in [-0.15, -0.1) is 12.4 Å². The van der Waals surface area contributed by atoms with Crippen LogP contribution in [0.3, 0.4) is 0 Å². The van der Waals surface area contributed by atoms with Crippen LogP contribution in [0.5, 0.6) is 0 Å². The molecule has 1 unspecified atom stereocenters. The quantitative estimate of drug-likeness (QED) is 0.681. The van der Waals surface area contributed by atoms with E-state index in [1.54, 1.807) is 4.90 Å². The molecule has 20 heavy (non-hydrogen) atoms. The molecular weight excluding hydrogens is 302 g/mol. The van der Waals surface area contributed by atoms with Crippen LogP contribution in [0.25, 0.3) is 0 Å². The number of amides is 1. The van der Waals surface area contributed by atoms with Crippen LogP contribution in [0, 0.1) is 16.0 Å². The van der Waals surface area contributed by atoms with Crippen molar-refractivity contribution >= 4 is 34.7 Å². The number of piperidine rings is 1. The van der Waals surface area contributed by atoms with Gasteiger partial charge in [0.15, 0.2) is 0 Å². The average Bonchev–Trinajstić information content (AvgIpc) is 2.88. The fourth-order valence-corrected chi connectivity index (χ4v) is 3.21. The summed E-state index contributed by atoms with van der Waals surface area (Å²) in [5.41, 5.74) is 5.55. The summed E-state index contributed by atoms with van der Waals surface area (Å²) >= 11 is 0.942. The summed E-state index contributed by atoms with van der Waals surface area (Å²) in [5.74, 6) is 0.359. The highest BCUT2D eigenvalue weighted by atomic mass is 35.5. The second-order valence-corrected chi connectivity index (χ2v) is 5.79. The molecule has 1 aliphatic rings. The monoisotopic (exact) mass is 319 g/mol. The van der Waals surface area contributed by atoms with Crippen LogP contribution in [-0.2, 0) is 0 Å². The largest absolute Gasteiger partial charge is 0.338 e. The van der Waals surface area contributed by atoms with Crippen LogP contribution >= 0.6 is 23.7 Å². The van der Waals surface area contributed by atoms with E-state index in [0.717, 1.165) is 37.1 Å². The molecule has 0 bridgehead atoms. The normalized spacial score (nSPS) is 18.4. The zero-order valence-corrected chi connectivity index (χ0v) is 12.6. The smallest absolute Gasteiger partial charge is 0.324 e. The maximum absolute atomic E-state index is 12.3. The van der Waals surface area contributed by atoms with E-state index >= 15 is 0 Å². The minimum Gasteiger partial charge on any atom is -0.338 e. The summed E-state index contributed by atoms with van der Waals surface area (Å²) in [6.45, 7) is 2.07. The summed E-state index contributed by atoms with van der Waals surface area (Å²) < 4.78 is 0. The van der Waals surface area contributed by atoms with Gasteiger partial charge in [0.2, 0.25) is 0 Å². The summed E-state index contributed by atoms with van der Waals surface area (Å²) in [5, 5.41) is 10.6. The Morgan fingerprint density at radius 3 is 2.90 bits per heavy atom. The van der Waals surface area contributed by atoms with Gasteiger partial charge in [-0.1, -0.05) is 11.3 Å². The van der Waals surface area contributed by atoms with Crippen LogP contribution in [0.4, 0.5) is 5.00 Å². The Labute approximate surface area is 127 Å². The highest BCUT2D eigenvalue weighted by Gasteiger charge is 2.26. The number of carbonyl (C=O) groups is 1. The number of hydrogen-bond donors (Lipinski definition) is 1. The highest BCUT2D eigenvalue weighted by molar-refractivity contribution is 7.17. The van der Waals surface area contributed by atoms with Gasteiger partial charge in [0.25, 0.3) is 5.91 Å². The van der Waals surface area contributed by atoms with Gasteiger partial charge in [0.05, 0.1) is 9.80 Å². The fraction of sp³-hybridized carbons (Fsp3) is 0.583. The predicted molar refractivity (Wildman–Crippen MR) is 80.5 cm³/mol. The van der Waals surface area contributed by atoms with Gasteiger partial charge in [-0.3, -0.25) is 14.9 Å².